The van der Waals surface area contributed by atoms with Gasteiger partial charge in [0.15, 0.2) is 17.6 Å². The minimum Gasteiger partial charge on any atom is -0.497 e. The molecule has 2 aromatic rings. The van der Waals surface area contributed by atoms with E-state index in [0.717, 1.165) is 11.3 Å². The number of carbonyl (C=O) groups is 1. The zero-order chi connectivity index (χ0) is 19.2. The maximum absolute atomic E-state index is 12.7. The fourth-order valence-corrected chi connectivity index (χ4v) is 2.88. The molecule has 6 heteroatoms. The molecule has 1 aliphatic rings. The van der Waals surface area contributed by atoms with Gasteiger partial charge in [-0.15, -0.1) is 0 Å². The van der Waals surface area contributed by atoms with Crippen LogP contribution in [0.5, 0.6) is 23.0 Å². The predicted molar refractivity (Wildman–Crippen MR) is 102 cm³/mol. The molecule has 1 aliphatic heterocycles. The highest BCUT2D eigenvalue weighted by Gasteiger charge is 2.22. The number of rotatable bonds is 7. The van der Waals surface area contributed by atoms with Crippen molar-refractivity contribution in [3.05, 3.63) is 48.0 Å². The summed E-state index contributed by atoms with van der Waals surface area (Å²) in [6, 6.07) is 12.8. The van der Waals surface area contributed by atoms with Gasteiger partial charge in [0, 0.05) is 6.07 Å². The third-order valence-corrected chi connectivity index (χ3v) is 4.41. The second-order valence-electron chi connectivity index (χ2n) is 6.33. The topological polar surface area (TPSA) is 66.0 Å². The van der Waals surface area contributed by atoms with Crippen LogP contribution in [0.1, 0.15) is 31.9 Å². The van der Waals surface area contributed by atoms with Crippen molar-refractivity contribution < 1.29 is 23.7 Å². The summed E-state index contributed by atoms with van der Waals surface area (Å²) in [6.45, 7) is 4.93. The standard InChI is InChI=1S/C21H25NO5/c1-4-18(27-17-7-5-6-16(13-17)24-3)21(23)22-14(2)15-8-9-19-20(12-15)26-11-10-25-19/h5-9,12-14,18H,4,10-11H2,1-3H3,(H,22,23). The van der Waals surface area contributed by atoms with Crippen LogP contribution in [0.3, 0.4) is 0 Å². The fourth-order valence-electron chi connectivity index (χ4n) is 2.88. The molecule has 3 rings (SSSR count). The van der Waals surface area contributed by atoms with Crippen LogP contribution in [0.4, 0.5) is 0 Å². The summed E-state index contributed by atoms with van der Waals surface area (Å²) in [6.07, 6.45) is -0.0338. The second kappa shape index (κ2) is 8.66. The Balaban J connectivity index is 1.65. The van der Waals surface area contributed by atoms with Crippen LogP contribution in [0, 0.1) is 0 Å². The highest BCUT2D eigenvalue weighted by Crippen LogP contribution is 2.32. The number of benzene rings is 2. The molecular weight excluding hydrogens is 346 g/mol. The van der Waals surface area contributed by atoms with E-state index in [4.69, 9.17) is 18.9 Å². The molecule has 2 aromatic carbocycles. The predicted octanol–water partition coefficient (Wildman–Crippen LogP) is 3.50. The summed E-state index contributed by atoms with van der Waals surface area (Å²) in [5, 5.41) is 3.01. The molecule has 0 aromatic heterocycles. The second-order valence-corrected chi connectivity index (χ2v) is 6.33. The first-order valence-electron chi connectivity index (χ1n) is 9.11. The Morgan fingerprint density at radius 2 is 1.85 bits per heavy atom. The molecule has 0 aliphatic carbocycles. The van der Waals surface area contributed by atoms with Crippen molar-refractivity contribution in [2.24, 2.45) is 0 Å². The number of methoxy groups -OCH3 is 1. The van der Waals surface area contributed by atoms with Crippen LogP contribution in [0.2, 0.25) is 0 Å². The first-order chi connectivity index (χ1) is 13.1. The van der Waals surface area contributed by atoms with E-state index in [-0.39, 0.29) is 11.9 Å². The van der Waals surface area contributed by atoms with Gasteiger partial charge < -0.3 is 24.3 Å². The molecule has 144 valence electrons. The molecule has 1 heterocycles. The first-order valence-corrected chi connectivity index (χ1v) is 9.11. The molecule has 0 fully saturated rings. The van der Waals surface area contributed by atoms with Crippen LogP contribution < -0.4 is 24.3 Å². The largest absolute Gasteiger partial charge is 0.497 e. The van der Waals surface area contributed by atoms with E-state index in [0.29, 0.717) is 36.9 Å². The summed E-state index contributed by atoms with van der Waals surface area (Å²) in [5.74, 6) is 2.56. The number of hydrogen-bond donors (Lipinski definition) is 1. The smallest absolute Gasteiger partial charge is 0.261 e. The molecule has 2 atom stereocenters. The van der Waals surface area contributed by atoms with Crippen LogP contribution in [0.15, 0.2) is 42.5 Å². The maximum atomic E-state index is 12.7. The zero-order valence-electron chi connectivity index (χ0n) is 15.9. The van der Waals surface area contributed by atoms with Gasteiger partial charge in [-0.05, 0) is 43.2 Å². The van der Waals surface area contributed by atoms with E-state index in [1.165, 1.54) is 0 Å². The van der Waals surface area contributed by atoms with Gasteiger partial charge in [-0.3, -0.25) is 4.79 Å². The summed E-state index contributed by atoms with van der Waals surface area (Å²) in [5.41, 5.74) is 0.948. The molecule has 6 nitrogen and oxygen atoms in total. The molecule has 0 saturated heterocycles. The fraction of sp³-hybridized carbons (Fsp3) is 0.381. The summed E-state index contributed by atoms with van der Waals surface area (Å²) >= 11 is 0. The van der Waals surface area contributed by atoms with E-state index in [2.05, 4.69) is 5.32 Å². The van der Waals surface area contributed by atoms with Gasteiger partial charge >= 0.3 is 0 Å². The van der Waals surface area contributed by atoms with Crippen molar-refractivity contribution in [2.75, 3.05) is 20.3 Å². The summed E-state index contributed by atoms with van der Waals surface area (Å²) in [7, 11) is 1.60. The van der Waals surface area contributed by atoms with Gasteiger partial charge in [0.25, 0.3) is 5.91 Å². The number of fused-ring (bicyclic) bond motifs is 1. The van der Waals surface area contributed by atoms with E-state index >= 15 is 0 Å². The molecule has 27 heavy (non-hydrogen) atoms. The van der Waals surface area contributed by atoms with Crippen LogP contribution in [-0.4, -0.2) is 32.3 Å². The van der Waals surface area contributed by atoms with Crippen LogP contribution in [0.25, 0.3) is 0 Å². The normalized spacial score (nSPS) is 14.8. The Bertz CT molecular complexity index is 792. The average Bonchev–Trinajstić information content (AvgIpc) is 2.71. The van der Waals surface area contributed by atoms with Crippen molar-refractivity contribution in [3.63, 3.8) is 0 Å². The monoisotopic (exact) mass is 371 g/mol. The molecule has 0 spiro atoms. The third kappa shape index (κ3) is 4.64. The Morgan fingerprint density at radius 1 is 1.11 bits per heavy atom. The average molecular weight is 371 g/mol. The minimum atomic E-state index is -0.586. The third-order valence-electron chi connectivity index (χ3n) is 4.41. The van der Waals surface area contributed by atoms with Crippen molar-refractivity contribution in [2.45, 2.75) is 32.4 Å². The summed E-state index contributed by atoms with van der Waals surface area (Å²) in [4.78, 5) is 12.7. The van der Waals surface area contributed by atoms with Crippen molar-refractivity contribution in [3.8, 4) is 23.0 Å². The summed E-state index contributed by atoms with van der Waals surface area (Å²) < 4.78 is 22.2. The van der Waals surface area contributed by atoms with E-state index in [1.807, 2.05) is 50.2 Å². The minimum absolute atomic E-state index is 0.164. The molecule has 1 N–H and O–H groups in total. The van der Waals surface area contributed by atoms with Gasteiger partial charge in [-0.1, -0.05) is 19.1 Å². The van der Waals surface area contributed by atoms with Crippen LogP contribution >= 0.6 is 0 Å². The van der Waals surface area contributed by atoms with Crippen molar-refractivity contribution >= 4 is 5.91 Å². The lowest BCUT2D eigenvalue weighted by atomic mass is 10.1. The number of amides is 1. The van der Waals surface area contributed by atoms with E-state index in [9.17, 15) is 4.79 Å². The zero-order valence-corrected chi connectivity index (χ0v) is 15.9. The quantitative estimate of drug-likeness (QED) is 0.807. The Hall–Kier alpha value is -2.89. The van der Waals surface area contributed by atoms with Gasteiger partial charge in [0.2, 0.25) is 0 Å². The number of carbonyl (C=O) groups excluding carboxylic acids is 1. The molecule has 0 radical (unpaired) electrons. The van der Waals surface area contributed by atoms with Crippen molar-refractivity contribution in [1.29, 1.82) is 0 Å². The number of nitrogens with one attached hydrogen (secondary N) is 1. The SMILES string of the molecule is CCC(Oc1cccc(OC)c1)C(=O)NC(C)c1ccc2c(c1)OCCO2. The van der Waals surface area contributed by atoms with Gasteiger partial charge in [-0.25, -0.2) is 0 Å². The number of hydrogen-bond acceptors (Lipinski definition) is 5. The van der Waals surface area contributed by atoms with Crippen LogP contribution in [-0.2, 0) is 4.79 Å². The first kappa shape index (κ1) is 18.9. The molecule has 1 amide bonds. The maximum Gasteiger partial charge on any atom is 0.261 e. The Kier molecular flexibility index (Phi) is 6.06. The van der Waals surface area contributed by atoms with Gasteiger partial charge in [0.1, 0.15) is 24.7 Å². The van der Waals surface area contributed by atoms with Gasteiger partial charge in [0.05, 0.1) is 13.2 Å². The lowest BCUT2D eigenvalue weighted by molar-refractivity contribution is -0.128. The molecule has 0 saturated carbocycles. The lowest BCUT2D eigenvalue weighted by Crippen LogP contribution is -2.39. The van der Waals surface area contributed by atoms with Crippen molar-refractivity contribution in [1.82, 2.24) is 5.32 Å². The number of ether oxygens (including phenoxy) is 4. The molecule has 0 bridgehead atoms. The highest BCUT2D eigenvalue weighted by molar-refractivity contribution is 5.81. The lowest BCUT2D eigenvalue weighted by Gasteiger charge is -2.23. The Morgan fingerprint density at radius 3 is 2.59 bits per heavy atom. The van der Waals surface area contributed by atoms with E-state index in [1.54, 1.807) is 13.2 Å². The Labute approximate surface area is 159 Å². The highest BCUT2D eigenvalue weighted by atomic mass is 16.6. The van der Waals surface area contributed by atoms with E-state index < -0.39 is 6.10 Å². The van der Waals surface area contributed by atoms with Gasteiger partial charge in [-0.2, -0.15) is 0 Å². The molecule has 2 unspecified atom stereocenters. The molecular formula is C21H25NO5.